The number of hydrogen-bond donors (Lipinski definition) is 1. The number of nitrogens with zero attached hydrogens (tertiary/aromatic N) is 3. The molecule has 1 aliphatic rings. The molecule has 24 heavy (non-hydrogen) atoms. The molecule has 0 spiro atoms. The monoisotopic (exact) mass is 334 g/mol. The molecule has 0 amide bonds. The molecular weight excluding hydrogens is 308 g/mol. The molecule has 1 fully saturated rings. The molecule has 1 aliphatic heterocycles. The fourth-order valence-electron chi connectivity index (χ4n) is 3.80. The minimum atomic E-state index is -0.620. The van der Waals surface area contributed by atoms with Crippen LogP contribution < -0.4 is 5.32 Å². The first-order chi connectivity index (χ1) is 11.4. The molecule has 3 rings (SSSR count). The number of aromatic nitrogens is 3. The molecule has 0 saturated carbocycles. The maximum absolute atomic E-state index is 6.22. The Morgan fingerprint density at radius 3 is 2.58 bits per heavy atom. The fourth-order valence-corrected chi connectivity index (χ4v) is 3.80. The van der Waals surface area contributed by atoms with Crippen LogP contribution in [0.1, 0.15) is 31.5 Å². The molecule has 0 aliphatic carbocycles. The second-order valence-electron chi connectivity index (χ2n) is 6.53. The summed E-state index contributed by atoms with van der Waals surface area (Å²) in [5.41, 5.74) is 1.30. The SMILES string of the molecule is CNc1nc(C)nc2c1c(C)cn2C1OC(C)C(OC)[C@@]1(C)OC. The molecule has 0 aromatic carbocycles. The van der Waals surface area contributed by atoms with Gasteiger partial charge in [-0.1, -0.05) is 0 Å². The lowest BCUT2D eigenvalue weighted by atomic mass is 9.96. The Balaban J connectivity index is 2.21. The van der Waals surface area contributed by atoms with Crippen molar-refractivity contribution in [3.05, 3.63) is 17.6 Å². The summed E-state index contributed by atoms with van der Waals surface area (Å²) in [6.45, 7) is 7.96. The predicted octanol–water partition coefficient (Wildman–Crippen LogP) is 2.43. The third-order valence-corrected chi connectivity index (χ3v) is 4.98. The third-order valence-electron chi connectivity index (χ3n) is 4.98. The number of methoxy groups -OCH3 is 2. The number of fused-ring (bicyclic) bond motifs is 1. The molecule has 2 aromatic heterocycles. The molecule has 3 heterocycles. The molecule has 0 radical (unpaired) electrons. The van der Waals surface area contributed by atoms with Gasteiger partial charge >= 0.3 is 0 Å². The summed E-state index contributed by atoms with van der Waals surface area (Å²) in [6.07, 6.45) is 1.45. The average molecular weight is 334 g/mol. The van der Waals surface area contributed by atoms with Gasteiger partial charge < -0.3 is 24.1 Å². The van der Waals surface area contributed by atoms with Crippen LogP contribution in [0.2, 0.25) is 0 Å². The van der Waals surface area contributed by atoms with Crippen molar-refractivity contribution in [2.45, 2.75) is 51.7 Å². The zero-order valence-electron chi connectivity index (χ0n) is 15.4. The maximum Gasteiger partial charge on any atom is 0.167 e. The topological polar surface area (TPSA) is 70.4 Å². The van der Waals surface area contributed by atoms with Crippen LogP contribution >= 0.6 is 0 Å². The Hall–Kier alpha value is -1.70. The summed E-state index contributed by atoms with van der Waals surface area (Å²) < 4.78 is 19.8. The van der Waals surface area contributed by atoms with Gasteiger partial charge in [-0.15, -0.1) is 0 Å². The van der Waals surface area contributed by atoms with E-state index in [1.54, 1.807) is 14.2 Å². The van der Waals surface area contributed by atoms with E-state index in [4.69, 9.17) is 14.2 Å². The molecule has 3 unspecified atom stereocenters. The second-order valence-corrected chi connectivity index (χ2v) is 6.53. The molecule has 2 aromatic rings. The summed E-state index contributed by atoms with van der Waals surface area (Å²) in [7, 11) is 5.25. The quantitative estimate of drug-likeness (QED) is 0.926. The number of aryl methyl sites for hydroxylation is 2. The van der Waals surface area contributed by atoms with Gasteiger partial charge in [0.1, 0.15) is 29.0 Å². The number of nitrogens with one attached hydrogen (secondary N) is 1. The van der Waals surface area contributed by atoms with Crippen LogP contribution in [0.15, 0.2) is 6.20 Å². The van der Waals surface area contributed by atoms with Crippen LogP contribution in [-0.2, 0) is 14.2 Å². The van der Waals surface area contributed by atoms with E-state index in [0.29, 0.717) is 5.82 Å². The molecule has 1 saturated heterocycles. The van der Waals surface area contributed by atoms with Crippen LogP contribution in [-0.4, -0.2) is 53.6 Å². The van der Waals surface area contributed by atoms with Crippen molar-refractivity contribution in [3.63, 3.8) is 0 Å². The summed E-state index contributed by atoms with van der Waals surface area (Å²) in [5, 5.41) is 4.16. The summed E-state index contributed by atoms with van der Waals surface area (Å²) in [6, 6.07) is 0. The molecule has 0 bridgehead atoms. The van der Waals surface area contributed by atoms with Crippen molar-refractivity contribution in [1.82, 2.24) is 14.5 Å². The number of rotatable bonds is 4. The second kappa shape index (κ2) is 5.98. The first-order valence-corrected chi connectivity index (χ1v) is 8.14. The van der Waals surface area contributed by atoms with Gasteiger partial charge in [-0.25, -0.2) is 9.97 Å². The van der Waals surface area contributed by atoms with Gasteiger partial charge in [0, 0.05) is 27.5 Å². The van der Waals surface area contributed by atoms with E-state index in [2.05, 4.69) is 22.2 Å². The Kier molecular flexibility index (Phi) is 4.27. The largest absolute Gasteiger partial charge is 0.376 e. The van der Waals surface area contributed by atoms with Crippen LogP contribution in [0.3, 0.4) is 0 Å². The van der Waals surface area contributed by atoms with Crippen LogP contribution in [0, 0.1) is 13.8 Å². The molecular formula is C17H26N4O3. The minimum Gasteiger partial charge on any atom is -0.376 e. The van der Waals surface area contributed by atoms with E-state index in [9.17, 15) is 0 Å². The zero-order valence-corrected chi connectivity index (χ0v) is 15.4. The standard InChI is InChI=1S/C17H26N4O3/c1-9-8-21(15-12(9)14(18-5)19-11(3)20-15)16-17(4,23-7)13(22-6)10(2)24-16/h8,10,13,16H,1-7H3,(H,18,19,20)/t10?,13?,16?,17-/m1/s1. The van der Waals surface area contributed by atoms with E-state index >= 15 is 0 Å². The van der Waals surface area contributed by atoms with Crippen molar-refractivity contribution in [2.24, 2.45) is 0 Å². The van der Waals surface area contributed by atoms with Gasteiger partial charge in [0.2, 0.25) is 0 Å². The van der Waals surface area contributed by atoms with Gasteiger partial charge in [0.05, 0.1) is 11.5 Å². The highest BCUT2D eigenvalue weighted by Crippen LogP contribution is 2.44. The van der Waals surface area contributed by atoms with E-state index in [1.165, 1.54) is 0 Å². The molecule has 7 nitrogen and oxygen atoms in total. The van der Waals surface area contributed by atoms with Gasteiger partial charge in [0.15, 0.2) is 6.23 Å². The molecule has 7 heteroatoms. The van der Waals surface area contributed by atoms with E-state index in [0.717, 1.165) is 22.4 Å². The van der Waals surface area contributed by atoms with Crippen molar-refractivity contribution in [3.8, 4) is 0 Å². The van der Waals surface area contributed by atoms with Crippen molar-refractivity contribution >= 4 is 16.9 Å². The normalized spacial score (nSPS) is 30.2. The van der Waals surface area contributed by atoms with Gasteiger partial charge in [0.25, 0.3) is 0 Å². The molecule has 132 valence electrons. The first kappa shape index (κ1) is 17.1. The van der Waals surface area contributed by atoms with E-state index in [-0.39, 0.29) is 18.4 Å². The Morgan fingerprint density at radius 2 is 2.00 bits per heavy atom. The first-order valence-electron chi connectivity index (χ1n) is 8.14. The Morgan fingerprint density at radius 1 is 1.29 bits per heavy atom. The maximum atomic E-state index is 6.22. The lowest BCUT2D eigenvalue weighted by molar-refractivity contribution is -0.125. The van der Waals surface area contributed by atoms with Gasteiger partial charge in [-0.05, 0) is 33.3 Å². The Bertz CT molecular complexity index is 760. The number of ether oxygens (including phenoxy) is 3. The summed E-state index contributed by atoms with van der Waals surface area (Å²) in [5.74, 6) is 1.53. The molecule has 1 N–H and O–H groups in total. The minimum absolute atomic E-state index is 0.0885. The van der Waals surface area contributed by atoms with Gasteiger partial charge in [-0.3, -0.25) is 0 Å². The highest BCUT2D eigenvalue weighted by atomic mass is 16.6. The highest BCUT2D eigenvalue weighted by Gasteiger charge is 2.54. The lowest BCUT2D eigenvalue weighted by Gasteiger charge is -2.33. The van der Waals surface area contributed by atoms with E-state index < -0.39 is 5.60 Å². The number of hydrogen-bond acceptors (Lipinski definition) is 6. The van der Waals surface area contributed by atoms with E-state index in [1.807, 2.05) is 38.6 Å². The highest BCUT2D eigenvalue weighted by molar-refractivity contribution is 5.91. The van der Waals surface area contributed by atoms with Crippen molar-refractivity contribution in [1.29, 1.82) is 0 Å². The average Bonchev–Trinajstić information content (AvgIpc) is 3.01. The molecule has 4 atom stereocenters. The summed E-state index contributed by atoms with van der Waals surface area (Å²) >= 11 is 0. The third kappa shape index (κ3) is 2.30. The van der Waals surface area contributed by atoms with Crippen LogP contribution in [0.25, 0.3) is 11.0 Å². The zero-order chi connectivity index (χ0) is 17.6. The van der Waals surface area contributed by atoms with Crippen LogP contribution in [0.5, 0.6) is 0 Å². The lowest BCUT2D eigenvalue weighted by Crippen LogP contribution is -2.46. The Labute approximate surface area is 142 Å². The van der Waals surface area contributed by atoms with Crippen molar-refractivity contribution < 1.29 is 14.2 Å². The smallest absolute Gasteiger partial charge is 0.167 e. The predicted molar refractivity (Wildman–Crippen MR) is 92.3 cm³/mol. The van der Waals surface area contributed by atoms with Gasteiger partial charge in [-0.2, -0.15) is 0 Å². The fraction of sp³-hybridized carbons (Fsp3) is 0.647. The summed E-state index contributed by atoms with van der Waals surface area (Å²) in [4.78, 5) is 9.15. The van der Waals surface area contributed by atoms with Crippen LogP contribution in [0.4, 0.5) is 5.82 Å². The number of anilines is 1. The van der Waals surface area contributed by atoms with Crippen molar-refractivity contribution in [2.75, 3.05) is 26.6 Å².